The van der Waals surface area contributed by atoms with Gasteiger partial charge in [0.15, 0.2) is 11.0 Å². The first kappa shape index (κ1) is 11.6. The van der Waals surface area contributed by atoms with Crippen molar-refractivity contribution in [1.82, 2.24) is 9.97 Å². The molecule has 1 saturated carbocycles. The van der Waals surface area contributed by atoms with E-state index >= 15 is 0 Å². The van der Waals surface area contributed by atoms with E-state index in [0.29, 0.717) is 16.4 Å². The third kappa shape index (κ3) is 2.29. The van der Waals surface area contributed by atoms with Crippen molar-refractivity contribution in [1.29, 1.82) is 0 Å². The van der Waals surface area contributed by atoms with E-state index in [9.17, 15) is 0 Å². The van der Waals surface area contributed by atoms with Gasteiger partial charge in [-0.3, -0.25) is 0 Å². The van der Waals surface area contributed by atoms with Crippen molar-refractivity contribution in [2.75, 3.05) is 11.9 Å². The average molecular weight is 240 g/mol. The maximum atomic E-state index is 6.04. The van der Waals surface area contributed by atoms with Gasteiger partial charge in [-0.25, -0.2) is 9.97 Å². The van der Waals surface area contributed by atoms with Crippen molar-refractivity contribution in [2.24, 2.45) is 11.3 Å². The summed E-state index contributed by atoms with van der Waals surface area (Å²) in [6, 6.07) is 0. The smallest absolute Gasteiger partial charge is 0.171 e. The zero-order valence-electron chi connectivity index (χ0n) is 10.3. The summed E-state index contributed by atoms with van der Waals surface area (Å²) in [6.07, 6.45) is 1.27. The second-order valence-electron chi connectivity index (χ2n) is 5.30. The molecule has 1 heterocycles. The van der Waals surface area contributed by atoms with Crippen molar-refractivity contribution in [2.45, 2.75) is 34.1 Å². The van der Waals surface area contributed by atoms with Crippen molar-refractivity contribution in [3.8, 4) is 0 Å². The molecule has 4 heteroatoms. The van der Waals surface area contributed by atoms with Crippen LogP contribution in [-0.2, 0) is 0 Å². The minimum Gasteiger partial charge on any atom is -0.367 e. The lowest BCUT2D eigenvalue weighted by Gasteiger charge is -2.09. The molecule has 1 N–H and O–H groups in total. The van der Waals surface area contributed by atoms with E-state index in [1.54, 1.807) is 0 Å². The molecule has 0 amide bonds. The van der Waals surface area contributed by atoms with E-state index < -0.39 is 0 Å². The molecule has 1 aliphatic carbocycles. The van der Waals surface area contributed by atoms with E-state index in [0.717, 1.165) is 23.9 Å². The van der Waals surface area contributed by atoms with Crippen LogP contribution in [0.1, 0.15) is 31.7 Å². The van der Waals surface area contributed by atoms with Crippen molar-refractivity contribution < 1.29 is 0 Å². The van der Waals surface area contributed by atoms with Crippen LogP contribution in [0.5, 0.6) is 0 Å². The number of hydrogen-bond acceptors (Lipinski definition) is 3. The van der Waals surface area contributed by atoms with Gasteiger partial charge in [0.1, 0.15) is 0 Å². The largest absolute Gasteiger partial charge is 0.367 e. The highest BCUT2D eigenvalue weighted by atomic mass is 35.5. The molecule has 0 saturated heterocycles. The van der Waals surface area contributed by atoms with Crippen LogP contribution in [0.4, 0.5) is 5.82 Å². The van der Waals surface area contributed by atoms with Gasteiger partial charge in [0.25, 0.3) is 0 Å². The maximum absolute atomic E-state index is 6.04. The number of anilines is 1. The fourth-order valence-corrected chi connectivity index (χ4v) is 2.07. The fourth-order valence-electron chi connectivity index (χ4n) is 1.83. The third-order valence-corrected chi connectivity index (χ3v) is 3.76. The second-order valence-corrected chi connectivity index (χ2v) is 5.66. The van der Waals surface area contributed by atoms with Gasteiger partial charge in [-0.05, 0) is 31.6 Å². The van der Waals surface area contributed by atoms with Crippen molar-refractivity contribution in [3.05, 3.63) is 16.5 Å². The molecule has 2 rings (SSSR count). The summed E-state index contributed by atoms with van der Waals surface area (Å²) in [7, 11) is 0. The fraction of sp³-hybridized carbons (Fsp3) is 0.667. The monoisotopic (exact) mass is 239 g/mol. The van der Waals surface area contributed by atoms with Crippen LogP contribution in [0.3, 0.4) is 0 Å². The van der Waals surface area contributed by atoms with Crippen molar-refractivity contribution >= 4 is 17.4 Å². The van der Waals surface area contributed by atoms with Gasteiger partial charge in [-0.15, -0.1) is 0 Å². The predicted octanol–water partition coefficient (Wildman–Crippen LogP) is 3.20. The minimum absolute atomic E-state index is 0.474. The molecule has 1 atom stereocenters. The van der Waals surface area contributed by atoms with E-state index in [2.05, 4.69) is 29.1 Å². The van der Waals surface area contributed by atoms with E-state index in [1.165, 1.54) is 6.42 Å². The van der Waals surface area contributed by atoms with E-state index in [4.69, 9.17) is 11.6 Å². The first-order valence-electron chi connectivity index (χ1n) is 5.65. The summed E-state index contributed by atoms with van der Waals surface area (Å²) in [5, 5.41) is 3.77. The van der Waals surface area contributed by atoms with Crippen molar-refractivity contribution in [3.63, 3.8) is 0 Å². The normalized spacial score (nSPS) is 21.9. The Hall–Kier alpha value is -0.830. The van der Waals surface area contributed by atoms with Gasteiger partial charge in [-0.1, -0.05) is 25.4 Å². The molecule has 1 aromatic rings. The van der Waals surface area contributed by atoms with Crippen LogP contribution in [0.25, 0.3) is 0 Å². The van der Waals surface area contributed by atoms with Gasteiger partial charge in [-0.2, -0.15) is 0 Å². The molecule has 1 aliphatic rings. The molecule has 0 radical (unpaired) electrons. The SMILES string of the molecule is Cc1nc(Cl)c(NCC2CC2(C)C)nc1C. The lowest BCUT2D eigenvalue weighted by atomic mass is 10.1. The highest BCUT2D eigenvalue weighted by Crippen LogP contribution is 2.51. The molecule has 0 spiro atoms. The van der Waals surface area contributed by atoms with Gasteiger partial charge in [0.05, 0.1) is 11.4 Å². The number of hydrogen-bond donors (Lipinski definition) is 1. The summed E-state index contributed by atoms with van der Waals surface area (Å²) in [5.41, 5.74) is 2.30. The van der Waals surface area contributed by atoms with Gasteiger partial charge in [0.2, 0.25) is 0 Å². The summed E-state index contributed by atoms with van der Waals surface area (Å²) in [5.74, 6) is 1.44. The number of aromatic nitrogens is 2. The summed E-state index contributed by atoms with van der Waals surface area (Å²) in [6.45, 7) is 9.37. The molecule has 1 aromatic heterocycles. The van der Waals surface area contributed by atoms with Crippen LogP contribution >= 0.6 is 11.6 Å². The van der Waals surface area contributed by atoms with Crippen LogP contribution < -0.4 is 5.32 Å². The Morgan fingerprint density at radius 2 is 1.88 bits per heavy atom. The maximum Gasteiger partial charge on any atom is 0.171 e. The quantitative estimate of drug-likeness (QED) is 0.880. The Bertz CT molecular complexity index is 415. The molecule has 0 aliphatic heterocycles. The van der Waals surface area contributed by atoms with Gasteiger partial charge < -0.3 is 5.32 Å². The Labute approximate surface area is 102 Å². The number of aryl methyl sites for hydroxylation is 2. The highest BCUT2D eigenvalue weighted by Gasteiger charge is 2.45. The molecule has 1 fully saturated rings. The molecule has 1 unspecified atom stereocenters. The number of rotatable bonds is 3. The summed E-state index contributed by atoms with van der Waals surface area (Å²) in [4.78, 5) is 8.66. The number of nitrogens with zero attached hydrogens (tertiary/aromatic N) is 2. The first-order chi connectivity index (χ1) is 7.40. The van der Waals surface area contributed by atoms with Crippen LogP contribution in [0.15, 0.2) is 0 Å². The molecule has 0 aromatic carbocycles. The molecule has 0 bridgehead atoms. The van der Waals surface area contributed by atoms with Crippen LogP contribution in [-0.4, -0.2) is 16.5 Å². The average Bonchev–Trinajstić information content (AvgIpc) is 2.78. The lowest BCUT2D eigenvalue weighted by Crippen LogP contribution is -2.10. The lowest BCUT2D eigenvalue weighted by molar-refractivity contribution is 0.572. The molecule has 3 nitrogen and oxygen atoms in total. The summed E-state index contributed by atoms with van der Waals surface area (Å²) < 4.78 is 0. The Morgan fingerprint density at radius 3 is 2.44 bits per heavy atom. The van der Waals surface area contributed by atoms with Crippen LogP contribution in [0.2, 0.25) is 5.15 Å². The third-order valence-electron chi connectivity index (χ3n) is 3.50. The molecular weight excluding hydrogens is 222 g/mol. The Kier molecular flexibility index (Phi) is 2.82. The van der Waals surface area contributed by atoms with E-state index in [-0.39, 0.29) is 0 Å². The predicted molar refractivity (Wildman–Crippen MR) is 66.9 cm³/mol. The second kappa shape index (κ2) is 3.88. The zero-order valence-corrected chi connectivity index (χ0v) is 11.0. The topological polar surface area (TPSA) is 37.8 Å². The molecular formula is C12H18ClN3. The van der Waals surface area contributed by atoms with Gasteiger partial charge in [0, 0.05) is 6.54 Å². The zero-order chi connectivity index (χ0) is 11.9. The van der Waals surface area contributed by atoms with E-state index in [1.807, 2.05) is 13.8 Å². The minimum atomic E-state index is 0.474. The molecule has 16 heavy (non-hydrogen) atoms. The summed E-state index contributed by atoms with van der Waals surface area (Å²) >= 11 is 6.04. The van der Waals surface area contributed by atoms with Crippen LogP contribution in [0, 0.1) is 25.2 Å². The first-order valence-corrected chi connectivity index (χ1v) is 6.02. The number of nitrogens with one attached hydrogen (secondary N) is 1. The number of halogens is 1. The highest BCUT2D eigenvalue weighted by molar-refractivity contribution is 6.31. The standard InChI is InChI=1S/C12H18ClN3/c1-7-8(2)16-11(10(13)15-7)14-6-9-5-12(9,3)4/h9H,5-6H2,1-4H3,(H,14,16). The Morgan fingerprint density at radius 1 is 1.31 bits per heavy atom. The Balaban J connectivity index is 2.02. The van der Waals surface area contributed by atoms with Gasteiger partial charge >= 0.3 is 0 Å². The molecule has 88 valence electrons.